The second kappa shape index (κ2) is 9.37. The van der Waals surface area contributed by atoms with Gasteiger partial charge in [-0.05, 0) is 48.4 Å². The maximum Gasteiger partial charge on any atom is 0.234 e. The number of carbonyl (C=O) groups excluding carboxylic acids is 1. The van der Waals surface area contributed by atoms with Crippen LogP contribution >= 0.6 is 0 Å². The van der Waals surface area contributed by atoms with Gasteiger partial charge in [0.25, 0.3) is 0 Å². The number of rotatable bonds is 7. The topological polar surface area (TPSA) is 44.8 Å². The summed E-state index contributed by atoms with van der Waals surface area (Å²) in [5.74, 6) is 0.654. The van der Waals surface area contributed by atoms with Gasteiger partial charge in [0.15, 0.2) is 0 Å². The molecule has 0 saturated carbocycles. The molecule has 0 unspecified atom stereocenters. The van der Waals surface area contributed by atoms with Crippen LogP contribution in [0.3, 0.4) is 0 Å². The minimum Gasteiger partial charge on any atom is -0.497 e. The Balaban J connectivity index is 1.36. The number of methoxy groups -OCH3 is 1. The van der Waals surface area contributed by atoms with E-state index in [4.69, 9.17) is 4.74 Å². The minimum absolute atomic E-state index is 0.0370. The highest BCUT2D eigenvalue weighted by Gasteiger charge is 2.19. The molecule has 1 N–H and O–H groups in total. The third kappa shape index (κ3) is 5.69. The molecule has 2 aromatic carbocycles. The highest BCUT2D eigenvalue weighted by Crippen LogP contribution is 2.20. The first-order valence-corrected chi connectivity index (χ1v) is 9.26. The Hall–Kier alpha value is -2.60. The monoisotopic (exact) mass is 371 g/mol. The van der Waals surface area contributed by atoms with Crippen molar-refractivity contribution in [1.82, 2.24) is 10.2 Å². The second-order valence-electron chi connectivity index (χ2n) is 6.69. The van der Waals surface area contributed by atoms with E-state index in [1.807, 2.05) is 12.1 Å². The Kier molecular flexibility index (Phi) is 6.65. The molecular formula is C21H26FN3O2. The first kappa shape index (κ1) is 19.2. The Labute approximate surface area is 159 Å². The van der Waals surface area contributed by atoms with Gasteiger partial charge in [0.05, 0.1) is 13.7 Å². The average molecular weight is 371 g/mol. The Bertz CT molecular complexity index is 726. The zero-order valence-electron chi connectivity index (χ0n) is 15.7. The first-order chi connectivity index (χ1) is 13.1. The summed E-state index contributed by atoms with van der Waals surface area (Å²) >= 11 is 0. The third-order valence-corrected chi connectivity index (χ3v) is 4.83. The van der Waals surface area contributed by atoms with Crippen molar-refractivity contribution in [2.45, 2.75) is 6.42 Å². The number of ether oxygens (including phenoxy) is 1. The van der Waals surface area contributed by atoms with Crippen LogP contribution in [0.1, 0.15) is 5.56 Å². The van der Waals surface area contributed by atoms with Crippen molar-refractivity contribution in [3.8, 4) is 5.75 Å². The van der Waals surface area contributed by atoms with Gasteiger partial charge in [0.1, 0.15) is 11.6 Å². The number of amides is 1. The number of nitrogens with one attached hydrogen (secondary N) is 1. The molecule has 5 nitrogen and oxygen atoms in total. The molecule has 0 radical (unpaired) electrons. The maximum atomic E-state index is 12.9. The molecule has 1 amide bonds. The second-order valence-corrected chi connectivity index (χ2v) is 6.69. The maximum absolute atomic E-state index is 12.9. The summed E-state index contributed by atoms with van der Waals surface area (Å²) in [6.45, 7) is 4.50. The smallest absolute Gasteiger partial charge is 0.234 e. The van der Waals surface area contributed by atoms with Crippen LogP contribution in [0.5, 0.6) is 5.75 Å². The van der Waals surface area contributed by atoms with Gasteiger partial charge < -0.3 is 15.0 Å². The van der Waals surface area contributed by atoms with E-state index >= 15 is 0 Å². The molecule has 1 aliphatic rings. The average Bonchev–Trinajstić information content (AvgIpc) is 2.70. The number of hydrogen-bond acceptors (Lipinski definition) is 4. The van der Waals surface area contributed by atoms with E-state index in [0.29, 0.717) is 19.5 Å². The fourth-order valence-electron chi connectivity index (χ4n) is 3.21. The zero-order chi connectivity index (χ0) is 19.1. The van der Waals surface area contributed by atoms with Gasteiger partial charge in [-0.15, -0.1) is 0 Å². The summed E-state index contributed by atoms with van der Waals surface area (Å²) in [5.41, 5.74) is 2.20. The Morgan fingerprint density at radius 2 is 1.70 bits per heavy atom. The van der Waals surface area contributed by atoms with Crippen LogP contribution in [0.25, 0.3) is 0 Å². The molecule has 1 aliphatic heterocycles. The van der Waals surface area contributed by atoms with E-state index in [1.165, 1.54) is 17.8 Å². The van der Waals surface area contributed by atoms with Crippen molar-refractivity contribution in [3.63, 3.8) is 0 Å². The summed E-state index contributed by atoms with van der Waals surface area (Å²) < 4.78 is 18.1. The zero-order valence-corrected chi connectivity index (χ0v) is 15.7. The highest BCUT2D eigenvalue weighted by molar-refractivity contribution is 5.78. The van der Waals surface area contributed by atoms with E-state index in [0.717, 1.165) is 37.5 Å². The summed E-state index contributed by atoms with van der Waals surface area (Å²) in [5, 5.41) is 2.95. The molecular weight excluding hydrogens is 345 g/mol. The van der Waals surface area contributed by atoms with Crippen LogP contribution in [0.15, 0.2) is 48.5 Å². The SMILES string of the molecule is COc1ccc(N2CCN(CC(=O)NCCc3ccc(F)cc3)CC2)cc1. The van der Waals surface area contributed by atoms with Gasteiger partial charge in [-0.3, -0.25) is 9.69 Å². The van der Waals surface area contributed by atoms with E-state index in [-0.39, 0.29) is 11.7 Å². The van der Waals surface area contributed by atoms with Crippen LogP contribution in [0.2, 0.25) is 0 Å². The molecule has 2 aromatic rings. The summed E-state index contributed by atoms with van der Waals surface area (Å²) in [6.07, 6.45) is 0.706. The van der Waals surface area contributed by atoms with Crippen LogP contribution < -0.4 is 15.0 Å². The molecule has 27 heavy (non-hydrogen) atoms. The van der Waals surface area contributed by atoms with Crippen molar-refractivity contribution in [2.75, 3.05) is 51.3 Å². The van der Waals surface area contributed by atoms with Crippen LogP contribution in [-0.4, -0.2) is 57.2 Å². The standard InChI is InChI=1S/C21H26FN3O2/c1-27-20-8-6-19(7-9-20)25-14-12-24(13-15-25)16-21(26)23-11-10-17-2-4-18(22)5-3-17/h2-9H,10-16H2,1H3,(H,23,26). The lowest BCUT2D eigenvalue weighted by molar-refractivity contribution is -0.122. The normalized spacial score (nSPS) is 14.8. The molecule has 6 heteroatoms. The van der Waals surface area contributed by atoms with Crippen LogP contribution in [0, 0.1) is 5.82 Å². The molecule has 3 rings (SSSR count). The van der Waals surface area contributed by atoms with Gasteiger partial charge in [-0.2, -0.15) is 0 Å². The lowest BCUT2D eigenvalue weighted by Crippen LogP contribution is -2.49. The highest BCUT2D eigenvalue weighted by atomic mass is 19.1. The number of halogens is 1. The van der Waals surface area contributed by atoms with Crippen molar-refractivity contribution in [2.24, 2.45) is 0 Å². The van der Waals surface area contributed by atoms with Crippen molar-refractivity contribution < 1.29 is 13.9 Å². The molecule has 0 aromatic heterocycles. The summed E-state index contributed by atoms with van der Waals surface area (Å²) in [4.78, 5) is 16.6. The van der Waals surface area contributed by atoms with E-state index < -0.39 is 0 Å². The number of piperazine rings is 1. The fourth-order valence-corrected chi connectivity index (χ4v) is 3.21. The van der Waals surface area contributed by atoms with Crippen molar-refractivity contribution in [3.05, 3.63) is 59.9 Å². The number of hydrogen-bond donors (Lipinski definition) is 1. The van der Waals surface area contributed by atoms with E-state index in [1.54, 1.807) is 19.2 Å². The Morgan fingerprint density at radius 1 is 1.04 bits per heavy atom. The van der Waals surface area contributed by atoms with Crippen LogP contribution in [-0.2, 0) is 11.2 Å². The molecule has 0 atom stereocenters. The fraction of sp³-hybridized carbons (Fsp3) is 0.381. The number of nitrogens with zero attached hydrogens (tertiary/aromatic N) is 2. The van der Waals surface area contributed by atoms with E-state index in [2.05, 4.69) is 27.2 Å². The minimum atomic E-state index is -0.239. The quantitative estimate of drug-likeness (QED) is 0.811. The molecule has 1 heterocycles. The molecule has 1 fully saturated rings. The lowest BCUT2D eigenvalue weighted by atomic mass is 10.1. The predicted octanol–water partition coefficient (Wildman–Crippen LogP) is 2.32. The summed E-state index contributed by atoms with van der Waals surface area (Å²) in [7, 11) is 1.67. The van der Waals surface area contributed by atoms with Crippen LogP contribution in [0.4, 0.5) is 10.1 Å². The lowest BCUT2D eigenvalue weighted by Gasteiger charge is -2.35. The van der Waals surface area contributed by atoms with Crippen molar-refractivity contribution >= 4 is 11.6 Å². The predicted molar refractivity (Wildman–Crippen MR) is 105 cm³/mol. The largest absolute Gasteiger partial charge is 0.497 e. The molecule has 0 aliphatic carbocycles. The summed E-state index contributed by atoms with van der Waals surface area (Å²) in [6, 6.07) is 14.5. The van der Waals surface area contributed by atoms with Gasteiger partial charge in [0.2, 0.25) is 5.91 Å². The van der Waals surface area contributed by atoms with E-state index in [9.17, 15) is 9.18 Å². The molecule has 0 bridgehead atoms. The Morgan fingerprint density at radius 3 is 2.33 bits per heavy atom. The molecule has 144 valence electrons. The first-order valence-electron chi connectivity index (χ1n) is 9.26. The molecule has 1 saturated heterocycles. The molecule has 0 spiro atoms. The van der Waals surface area contributed by atoms with Crippen molar-refractivity contribution in [1.29, 1.82) is 0 Å². The third-order valence-electron chi connectivity index (χ3n) is 4.83. The van der Waals surface area contributed by atoms with Gasteiger partial charge in [-0.1, -0.05) is 12.1 Å². The van der Waals surface area contributed by atoms with Gasteiger partial charge in [-0.25, -0.2) is 4.39 Å². The number of anilines is 1. The van der Waals surface area contributed by atoms with Gasteiger partial charge >= 0.3 is 0 Å². The number of carbonyl (C=O) groups is 1. The van der Waals surface area contributed by atoms with Gasteiger partial charge in [0, 0.05) is 38.4 Å². The number of benzene rings is 2.